The predicted molar refractivity (Wildman–Crippen MR) is 109 cm³/mol. The van der Waals surface area contributed by atoms with Crippen molar-refractivity contribution in [3.05, 3.63) is 80.6 Å². The van der Waals surface area contributed by atoms with E-state index in [1.807, 2.05) is 0 Å². The second-order valence-corrected chi connectivity index (χ2v) is 7.17. The lowest BCUT2D eigenvalue weighted by Gasteiger charge is -2.18. The minimum Gasteiger partial charge on any atom is -0.471 e. The fourth-order valence-corrected chi connectivity index (χ4v) is 3.03. The van der Waals surface area contributed by atoms with E-state index in [4.69, 9.17) is 22.1 Å². The summed E-state index contributed by atoms with van der Waals surface area (Å²) in [5.41, 5.74) is 5.63. The highest BCUT2D eigenvalue weighted by Gasteiger charge is 2.20. The molecule has 2 N–H and O–H groups in total. The molecular weight excluding hydrogens is 416 g/mol. The molecular formula is C21H18ClF2N3O3. The van der Waals surface area contributed by atoms with Crippen molar-refractivity contribution < 1.29 is 18.3 Å². The minimum atomic E-state index is -0.788. The van der Waals surface area contributed by atoms with Crippen LogP contribution in [0.4, 0.5) is 8.78 Å². The van der Waals surface area contributed by atoms with Crippen molar-refractivity contribution in [2.75, 3.05) is 0 Å². The van der Waals surface area contributed by atoms with Crippen LogP contribution in [0, 0.1) is 11.6 Å². The molecule has 0 fully saturated rings. The number of carbonyl (C=O) groups is 1. The van der Waals surface area contributed by atoms with Crippen molar-refractivity contribution in [2.45, 2.75) is 26.5 Å². The first-order chi connectivity index (χ1) is 14.2. The first kappa shape index (κ1) is 21.4. The highest BCUT2D eigenvalue weighted by Crippen LogP contribution is 2.27. The maximum absolute atomic E-state index is 13.9. The van der Waals surface area contributed by atoms with Crippen LogP contribution in [0.2, 0.25) is 5.02 Å². The van der Waals surface area contributed by atoms with Crippen molar-refractivity contribution >= 4 is 17.5 Å². The Bertz CT molecular complexity index is 1160. The van der Waals surface area contributed by atoms with Gasteiger partial charge in [-0.2, -0.15) is 4.98 Å². The normalized spacial score (nSPS) is 11.0. The summed E-state index contributed by atoms with van der Waals surface area (Å²) in [7, 11) is 0. The molecule has 9 heteroatoms. The number of halogens is 3. The van der Waals surface area contributed by atoms with E-state index in [0.29, 0.717) is 11.1 Å². The van der Waals surface area contributed by atoms with E-state index in [2.05, 4.69) is 4.98 Å². The molecule has 3 aromatic rings. The summed E-state index contributed by atoms with van der Waals surface area (Å²) in [6.45, 7) is 3.27. The van der Waals surface area contributed by atoms with Gasteiger partial charge in [-0.05, 0) is 38.1 Å². The van der Waals surface area contributed by atoms with Gasteiger partial charge in [0.05, 0.1) is 0 Å². The molecule has 6 nitrogen and oxygen atoms in total. The Kier molecular flexibility index (Phi) is 6.17. The summed E-state index contributed by atoms with van der Waals surface area (Å²) in [6.07, 6.45) is 0. The number of rotatable bonds is 6. The summed E-state index contributed by atoms with van der Waals surface area (Å²) >= 11 is 6.16. The number of hydrogen-bond acceptors (Lipinski definition) is 4. The zero-order chi connectivity index (χ0) is 22.0. The molecule has 0 radical (unpaired) electrons. The number of nitrogens with two attached hydrogens (primary N) is 1. The van der Waals surface area contributed by atoms with Gasteiger partial charge in [-0.25, -0.2) is 8.78 Å². The maximum Gasteiger partial charge on any atom is 0.276 e. The average molecular weight is 434 g/mol. The molecule has 0 saturated heterocycles. The first-order valence-corrected chi connectivity index (χ1v) is 9.35. The Hall–Kier alpha value is -3.26. The van der Waals surface area contributed by atoms with E-state index < -0.39 is 23.1 Å². The van der Waals surface area contributed by atoms with Gasteiger partial charge in [0.1, 0.15) is 24.1 Å². The van der Waals surface area contributed by atoms with Gasteiger partial charge in [-0.15, -0.1) is 0 Å². The Morgan fingerprint density at radius 3 is 2.43 bits per heavy atom. The molecule has 30 heavy (non-hydrogen) atoms. The quantitative estimate of drug-likeness (QED) is 0.634. The van der Waals surface area contributed by atoms with Gasteiger partial charge in [0.2, 0.25) is 11.8 Å². The Morgan fingerprint density at radius 2 is 1.87 bits per heavy atom. The number of benzene rings is 2. The van der Waals surface area contributed by atoms with E-state index >= 15 is 0 Å². The average Bonchev–Trinajstić information content (AvgIpc) is 2.69. The van der Waals surface area contributed by atoms with Crippen molar-refractivity contribution in [3.8, 4) is 17.3 Å². The molecule has 0 unspecified atom stereocenters. The van der Waals surface area contributed by atoms with E-state index in [1.54, 1.807) is 26.0 Å². The topological polar surface area (TPSA) is 87.2 Å². The molecule has 0 aliphatic carbocycles. The standard InChI is InChI=1S/C21H18ClF2N3O3/c1-11(2)27-19(13-5-3-12(4-6-13)18(25)28)26-20(17(22)21(27)29)30-10-14-7-8-15(23)9-16(14)24/h3-9,11H,10H2,1-2H3,(H2,25,28). The number of aromatic nitrogens is 2. The third-order valence-corrected chi connectivity index (χ3v) is 4.68. The van der Waals surface area contributed by atoms with Gasteiger partial charge >= 0.3 is 0 Å². The van der Waals surface area contributed by atoms with Crippen LogP contribution in [-0.2, 0) is 6.61 Å². The first-order valence-electron chi connectivity index (χ1n) is 8.98. The van der Waals surface area contributed by atoms with E-state index in [9.17, 15) is 18.4 Å². The van der Waals surface area contributed by atoms with Crippen molar-refractivity contribution in [2.24, 2.45) is 5.73 Å². The van der Waals surface area contributed by atoms with E-state index in [0.717, 1.165) is 12.1 Å². The second kappa shape index (κ2) is 8.62. The largest absolute Gasteiger partial charge is 0.471 e. The predicted octanol–water partition coefficient (Wildman–Crippen LogP) is 4.10. The number of amides is 1. The molecule has 0 saturated carbocycles. The van der Waals surface area contributed by atoms with Crippen molar-refractivity contribution in [3.63, 3.8) is 0 Å². The summed E-state index contributed by atoms with van der Waals surface area (Å²) in [5, 5.41) is -0.260. The third kappa shape index (κ3) is 4.33. The second-order valence-electron chi connectivity index (χ2n) is 6.79. The van der Waals surface area contributed by atoms with E-state index in [1.165, 1.54) is 22.8 Å². The summed E-state index contributed by atoms with van der Waals surface area (Å²) < 4.78 is 33.8. The zero-order valence-corrected chi connectivity index (χ0v) is 16.9. The number of carbonyl (C=O) groups excluding carboxylic acids is 1. The number of ether oxygens (including phenoxy) is 1. The fraction of sp³-hybridized carbons (Fsp3) is 0.190. The van der Waals surface area contributed by atoms with Gasteiger partial charge in [-0.3, -0.25) is 14.2 Å². The maximum atomic E-state index is 13.9. The van der Waals surface area contributed by atoms with Crippen molar-refractivity contribution in [1.29, 1.82) is 0 Å². The molecule has 1 heterocycles. The van der Waals surface area contributed by atoms with E-state index in [-0.39, 0.29) is 34.9 Å². The lowest BCUT2D eigenvalue weighted by molar-refractivity contribution is 0.100. The van der Waals surface area contributed by atoms with Gasteiger partial charge in [0, 0.05) is 28.8 Å². The monoisotopic (exact) mass is 433 g/mol. The number of hydrogen-bond donors (Lipinski definition) is 1. The van der Waals surface area contributed by atoms with Crippen LogP contribution in [0.15, 0.2) is 47.3 Å². The SMILES string of the molecule is CC(C)n1c(-c2ccc(C(N)=O)cc2)nc(OCc2ccc(F)cc2F)c(Cl)c1=O. The molecule has 2 aromatic carbocycles. The fourth-order valence-electron chi connectivity index (χ4n) is 2.84. The molecule has 0 spiro atoms. The zero-order valence-electron chi connectivity index (χ0n) is 16.2. The van der Waals surface area contributed by atoms with Crippen LogP contribution in [0.25, 0.3) is 11.4 Å². The summed E-state index contributed by atoms with van der Waals surface area (Å²) in [4.78, 5) is 28.5. The van der Waals surface area contributed by atoms with Gasteiger partial charge < -0.3 is 10.5 Å². The van der Waals surface area contributed by atoms with Gasteiger partial charge in [-0.1, -0.05) is 23.7 Å². The lowest BCUT2D eigenvalue weighted by atomic mass is 10.1. The molecule has 0 aliphatic rings. The summed E-state index contributed by atoms with van der Waals surface area (Å²) in [5.74, 6) is -2.02. The Balaban J connectivity index is 2.04. The Labute approximate surface area is 175 Å². The van der Waals surface area contributed by atoms with Crippen molar-refractivity contribution in [1.82, 2.24) is 9.55 Å². The molecule has 156 valence electrons. The van der Waals surface area contributed by atoms with Crippen LogP contribution in [0.1, 0.15) is 35.8 Å². The van der Waals surface area contributed by atoms with Crippen LogP contribution >= 0.6 is 11.6 Å². The molecule has 1 amide bonds. The van der Waals surface area contributed by atoms with Crippen LogP contribution in [-0.4, -0.2) is 15.5 Å². The lowest BCUT2D eigenvalue weighted by Crippen LogP contribution is -2.26. The van der Waals surface area contributed by atoms with Crippen LogP contribution < -0.4 is 16.0 Å². The van der Waals surface area contributed by atoms with Gasteiger partial charge in [0.15, 0.2) is 5.02 Å². The van der Waals surface area contributed by atoms with Crippen LogP contribution in [0.5, 0.6) is 5.88 Å². The Morgan fingerprint density at radius 1 is 1.20 bits per heavy atom. The molecule has 1 aromatic heterocycles. The number of nitrogens with zero attached hydrogens (tertiary/aromatic N) is 2. The molecule has 0 atom stereocenters. The molecule has 0 bridgehead atoms. The minimum absolute atomic E-state index is 0.0784. The van der Waals surface area contributed by atoms with Crippen LogP contribution in [0.3, 0.4) is 0 Å². The third-order valence-electron chi connectivity index (χ3n) is 4.35. The molecule has 3 rings (SSSR count). The highest BCUT2D eigenvalue weighted by molar-refractivity contribution is 6.31. The smallest absolute Gasteiger partial charge is 0.276 e. The number of primary amides is 1. The highest BCUT2D eigenvalue weighted by atomic mass is 35.5. The van der Waals surface area contributed by atoms with Gasteiger partial charge in [0.25, 0.3) is 5.56 Å². The molecule has 0 aliphatic heterocycles. The summed E-state index contributed by atoms with van der Waals surface area (Å²) in [6, 6.07) is 9.00.